The lowest BCUT2D eigenvalue weighted by Crippen LogP contribution is -1.91. The summed E-state index contributed by atoms with van der Waals surface area (Å²) in [6, 6.07) is 7.50. The third-order valence-corrected chi connectivity index (χ3v) is 2.52. The molecule has 90 valence electrons. The number of hydrogen-bond acceptors (Lipinski definition) is 4. The largest absolute Gasteiger partial charge is 0.350 e. The Labute approximate surface area is 104 Å². The molecular weight excluding hydrogens is 230 g/mol. The van der Waals surface area contributed by atoms with Crippen LogP contribution in [0.5, 0.6) is 0 Å². The van der Waals surface area contributed by atoms with Crippen molar-refractivity contribution in [2.24, 2.45) is 12.2 Å². The summed E-state index contributed by atoms with van der Waals surface area (Å²) >= 11 is 0. The molecule has 0 saturated heterocycles. The molecule has 0 radical (unpaired) electrons. The number of fused-ring (bicyclic) bond motifs is 1. The quantitative estimate of drug-likeness (QED) is 0.458. The predicted molar refractivity (Wildman–Crippen MR) is 67.0 cm³/mol. The Balaban J connectivity index is 2.47. The Hall–Kier alpha value is -2.61. The number of aryl methyl sites for hydroxylation is 1. The van der Waals surface area contributed by atoms with Crippen LogP contribution in [0.4, 0.5) is 0 Å². The minimum Gasteiger partial charge on any atom is -0.350 e. The van der Waals surface area contributed by atoms with Crippen LogP contribution in [0.2, 0.25) is 0 Å². The van der Waals surface area contributed by atoms with Crippen molar-refractivity contribution in [3.8, 4) is 6.07 Å². The zero-order valence-electron chi connectivity index (χ0n) is 10.0. The number of aromatic nitrogens is 1. The fourth-order valence-electron chi connectivity index (χ4n) is 1.75. The summed E-state index contributed by atoms with van der Waals surface area (Å²) < 4.78 is 1.92. The first kappa shape index (κ1) is 11.9. The average Bonchev–Trinajstić information content (AvgIpc) is 2.65. The number of benzene rings is 1. The van der Waals surface area contributed by atoms with E-state index in [0.29, 0.717) is 5.56 Å². The van der Waals surface area contributed by atoms with Gasteiger partial charge in [0, 0.05) is 36.6 Å². The summed E-state index contributed by atoms with van der Waals surface area (Å²) in [7, 11) is 1.90. The lowest BCUT2D eigenvalue weighted by Gasteiger charge is -1.95. The maximum Gasteiger partial charge on any atom is 0.331 e. The van der Waals surface area contributed by atoms with E-state index >= 15 is 0 Å². The minimum absolute atomic E-state index is 0.468. The summed E-state index contributed by atoms with van der Waals surface area (Å²) in [6.45, 7) is 1.29. The van der Waals surface area contributed by atoms with Crippen molar-refractivity contribution in [2.75, 3.05) is 0 Å². The molecule has 5 nitrogen and oxygen atoms in total. The van der Waals surface area contributed by atoms with Crippen LogP contribution in [0, 0.1) is 11.3 Å². The summed E-state index contributed by atoms with van der Waals surface area (Å²) in [4.78, 5) is 15.1. The molecule has 0 saturated carbocycles. The van der Waals surface area contributed by atoms with E-state index in [1.807, 2.05) is 23.9 Å². The van der Waals surface area contributed by atoms with Crippen molar-refractivity contribution in [2.45, 2.75) is 6.92 Å². The van der Waals surface area contributed by atoms with Gasteiger partial charge in [-0.3, -0.25) is 0 Å². The van der Waals surface area contributed by atoms with E-state index in [-0.39, 0.29) is 0 Å². The highest BCUT2D eigenvalue weighted by atomic mass is 16.7. The van der Waals surface area contributed by atoms with Crippen molar-refractivity contribution in [1.82, 2.24) is 4.57 Å². The number of nitriles is 1. The molecule has 1 heterocycles. The normalized spacial score (nSPS) is 10.7. The summed E-state index contributed by atoms with van der Waals surface area (Å²) in [5.41, 5.74) is 2.36. The van der Waals surface area contributed by atoms with E-state index < -0.39 is 5.97 Å². The molecule has 0 spiro atoms. The first-order valence-electron chi connectivity index (χ1n) is 5.32. The van der Waals surface area contributed by atoms with Crippen LogP contribution in [-0.4, -0.2) is 16.8 Å². The van der Waals surface area contributed by atoms with Crippen LogP contribution in [0.3, 0.4) is 0 Å². The molecule has 0 N–H and O–H groups in total. The van der Waals surface area contributed by atoms with Gasteiger partial charge in [-0.05, 0) is 18.2 Å². The number of oxime groups is 1. The fraction of sp³-hybridized carbons (Fsp3) is 0.154. The maximum absolute atomic E-state index is 10.6. The van der Waals surface area contributed by atoms with Gasteiger partial charge in [-0.1, -0.05) is 5.16 Å². The number of carbonyl (C=O) groups is 1. The van der Waals surface area contributed by atoms with Gasteiger partial charge in [0.15, 0.2) is 0 Å². The highest BCUT2D eigenvalue weighted by molar-refractivity contribution is 5.99. The van der Waals surface area contributed by atoms with Crippen LogP contribution >= 0.6 is 0 Å². The molecule has 0 fully saturated rings. The first-order chi connectivity index (χ1) is 8.61. The predicted octanol–water partition coefficient (Wildman–Crippen LogP) is 1.95. The van der Waals surface area contributed by atoms with Crippen LogP contribution in [0.1, 0.15) is 18.1 Å². The fourth-order valence-corrected chi connectivity index (χ4v) is 1.75. The molecule has 0 aliphatic heterocycles. The van der Waals surface area contributed by atoms with Crippen molar-refractivity contribution >= 4 is 23.1 Å². The molecule has 1 aromatic carbocycles. The topological polar surface area (TPSA) is 67.4 Å². The molecule has 0 bridgehead atoms. The number of rotatable bonds is 2. The van der Waals surface area contributed by atoms with E-state index in [0.717, 1.165) is 16.5 Å². The van der Waals surface area contributed by atoms with Gasteiger partial charge in [-0.25, -0.2) is 4.79 Å². The zero-order valence-corrected chi connectivity index (χ0v) is 10.0. The van der Waals surface area contributed by atoms with E-state index in [9.17, 15) is 4.79 Å². The molecule has 18 heavy (non-hydrogen) atoms. The SMILES string of the molecule is CC(=O)ON=Cc1cn(C)c2ccc(C#N)cc12. The highest BCUT2D eigenvalue weighted by Gasteiger charge is 2.06. The monoisotopic (exact) mass is 241 g/mol. The number of nitrogens with zero attached hydrogens (tertiary/aromatic N) is 3. The standard InChI is InChI=1S/C13H11N3O2/c1-9(17)18-15-7-11-8-16(2)13-4-3-10(6-14)5-12(11)13/h3-5,7-8H,1-2H3. The van der Waals surface area contributed by atoms with Crippen LogP contribution in [0.25, 0.3) is 10.9 Å². The lowest BCUT2D eigenvalue weighted by molar-refractivity contribution is -0.140. The molecule has 0 aliphatic rings. The van der Waals surface area contributed by atoms with Crippen molar-refractivity contribution in [3.63, 3.8) is 0 Å². The number of hydrogen-bond donors (Lipinski definition) is 0. The van der Waals surface area contributed by atoms with Gasteiger partial charge in [0.1, 0.15) is 0 Å². The van der Waals surface area contributed by atoms with Crippen molar-refractivity contribution < 1.29 is 9.63 Å². The van der Waals surface area contributed by atoms with Gasteiger partial charge >= 0.3 is 5.97 Å². The second-order valence-corrected chi connectivity index (χ2v) is 3.86. The van der Waals surface area contributed by atoms with Gasteiger partial charge in [-0.15, -0.1) is 0 Å². The molecular formula is C13H11N3O2. The molecule has 0 atom stereocenters. The molecule has 1 aromatic heterocycles. The van der Waals surface area contributed by atoms with Crippen LogP contribution in [0.15, 0.2) is 29.6 Å². The summed E-state index contributed by atoms with van der Waals surface area (Å²) in [6.07, 6.45) is 3.32. The number of carbonyl (C=O) groups excluding carboxylic acids is 1. The third-order valence-electron chi connectivity index (χ3n) is 2.52. The van der Waals surface area contributed by atoms with Crippen LogP contribution in [-0.2, 0) is 16.7 Å². The summed E-state index contributed by atoms with van der Waals surface area (Å²) in [5.74, 6) is -0.468. The third kappa shape index (κ3) is 2.23. The van der Waals surface area contributed by atoms with E-state index in [4.69, 9.17) is 5.26 Å². The van der Waals surface area contributed by atoms with Gasteiger partial charge < -0.3 is 9.40 Å². The Morgan fingerprint density at radius 3 is 3.00 bits per heavy atom. The summed E-state index contributed by atoms with van der Waals surface area (Å²) in [5, 5.41) is 13.4. The van der Waals surface area contributed by atoms with Crippen LogP contribution < -0.4 is 0 Å². The van der Waals surface area contributed by atoms with Gasteiger partial charge in [0.2, 0.25) is 0 Å². The van der Waals surface area contributed by atoms with Crippen molar-refractivity contribution in [3.05, 3.63) is 35.5 Å². The van der Waals surface area contributed by atoms with Gasteiger partial charge in [0.05, 0.1) is 17.8 Å². The van der Waals surface area contributed by atoms with Crippen molar-refractivity contribution in [1.29, 1.82) is 5.26 Å². The molecule has 0 aliphatic carbocycles. The smallest absolute Gasteiger partial charge is 0.331 e. The Bertz CT molecular complexity index is 677. The van der Waals surface area contributed by atoms with E-state index in [1.54, 1.807) is 12.1 Å². The van der Waals surface area contributed by atoms with Gasteiger partial charge in [0.25, 0.3) is 0 Å². The lowest BCUT2D eigenvalue weighted by atomic mass is 10.1. The molecule has 0 unspecified atom stereocenters. The Morgan fingerprint density at radius 2 is 2.33 bits per heavy atom. The first-order valence-corrected chi connectivity index (χ1v) is 5.32. The van der Waals surface area contributed by atoms with E-state index in [2.05, 4.69) is 16.1 Å². The Kier molecular flexibility index (Phi) is 3.11. The second-order valence-electron chi connectivity index (χ2n) is 3.86. The average molecular weight is 241 g/mol. The minimum atomic E-state index is -0.468. The Morgan fingerprint density at radius 1 is 1.56 bits per heavy atom. The maximum atomic E-state index is 10.6. The van der Waals surface area contributed by atoms with E-state index in [1.165, 1.54) is 13.1 Å². The molecule has 2 rings (SSSR count). The molecule has 5 heteroatoms. The highest BCUT2D eigenvalue weighted by Crippen LogP contribution is 2.20. The molecule has 0 amide bonds. The van der Waals surface area contributed by atoms with Gasteiger partial charge in [-0.2, -0.15) is 5.26 Å². The second kappa shape index (κ2) is 4.72. The molecule has 2 aromatic rings. The zero-order chi connectivity index (χ0) is 13.1.